The van der Waals surface area contributed by atoms with Crippen LogP contribution in [0, 0.1) is 3.57 Å². The van der Waals surface area contributed by atoms with E-state index in [2.05, 4.69) is 15.8 Å². The van der Waals surface area contributed by atoms with Crippen LogP contribution in [0.2, 0.25) is 0 Å². The van der Waals surface area contributed by atoms with Crippen molar-refractivity contribution < 1.29 is 14.7 Å². The van der Waals surface area contributed by atoms with Crippen molar-refractivity contribution in [2.24, 2.45) is 5.10 Å². The second-order valence-corrected chi connectivity index (χ2v) is 7.95. The number of nitrogens with zero attached hydrogens (tertiary/aromatic N) is 1. The lowest BCUT2D eigenvalue weighted by Gasteiger charge is -2.08. The number of carbonyl (C=O) groups is 2. The van der Waals surface area contributed by atoms with Gasteiger partial charge in [0.2, 0.25) is 0 Å². The summed E-state index contributed by atoms with van der Waals surface area (Å²) in [5, 5.41) is 18.0. The third-order valence-electron chi connectivity index (χ3n) is 3.71. The lowest BCUT2D eigenvalue weighted by atomic mass is 10.2. The van der Waals surface area contributed by atoms with Crippen LogP contribution < -0.4 is 10.7 Å². The summed E-state index contributed by atoms with van der Waals surface area (Å²) in [6, 6.07) is 17.3. The molecular weight excluding hydrogens is 501 g/mol. The molecule has 6 nitrogen and oxygen atoms in total. The third kappa shape index (κ3) is 6.00. The van der Waals surface area contributed by atoms with E-state index in [-0.39, 0.29) is 17.4 Å². The van der Waals surface area contributed by atoms with Crippen LogP contribution in [0.4, 0.5) is 0 Å². The molecule has 0 aliphatic heterocycles. The minimum Gasteiger partial charge on any atom is -0.507 e. The SMILES string of the molecule is O=C(NN=Cc1ccc(O)c(I)c1)/C(=C/c1cccs1)NC(=O)c1ccccc1. The van der Waals surface area contributed by atoms with Crippen molar-refractivity contribution in [3.05, 3.63) is 91.3 Å². The van der Waals surface area contributed by atoms with Crippen LogP contribution in [0.25, 0.3) is 6.08 Å². The number of carbonyl (C=O) groups excluding carboxylic acids is 2. The number of nitrogens with one attached hydrogen (secondary N) is 2. The van der Waals surface area contributed by atoms with Gasteiger partial charge >= 0.3 is 0 Å². The molecule has 0 aliphatic carbocycles. The molecule has 0 fully saturated rings. The molecule has 0 aliphatic rings. The fraction of sp³-hybridized carbons (Fsp3) is 0. The number of hydrazone groups is 1. The maximum atomic E-state index is 12.6. The Morgan fingerprint density at radius 3 is 2.55 bits per heavy atom. The van der Waals surface area contributed by atoms with Crippen LogP contribution in [0.1, 0.15) is 20.8 Å². The molecule has 3 rings (SSSR count). The largest absolute Gasteiger partial charge is 0.507 e. The lowest BCUT2D eigenvalue weighted by Crippen LogP contribution is -2.32. The number of aromatic hydroxyl groups is 1. The Balaban J connectivity index is 1.74. The van der Waals surface area contributed by atoms with Crippen LogP contribution in [-0.4, -0.2) is 23.1 Å². The van der Waals surface area contributed by atoms with Gasteiger partial charge in [0.1, 0.15) is 11.4 Å². The number of hydrogen-bond donors (Lipinski definition) is 3. The molecule has 3 N–H and O–H groups in total. The van der Waals surface area contributed by atoms with Crippen LogP contribution >= 0.6 is 33.9 Å². The number of benzene rings is 2. The normalized spacial score (nSPS) is 11.4. The Kier molecular flexibility index (Phi) is 7.14. The summed E-state index contributed by atoms with van der Waals surface area (Å²) >= 11 is 3.45. The van der Waals surface area contributed by atoms with Gasteiger partial charge in [-0.25, -0.2) is 5.43 Å². The molecular formula is C21H16IN3O3S. The predicted octanol–water partition coefficient (Wildman–Crippen LogP) is 3.98. The van der Waals surface area contributed by atoms with Crippen molar-refractivity contribution in [2.45, 2.75) is 0 Å². The molecule has 0 saturated heterocycles. The molecule has 0 unspecified atom stereocenters. The average molecular weight is 517 g/mol. The topological polar surface area (TPSA) is 90.8 Å². The van der Waals surface area contributed by atoms with E-state index >= 15 is 0 Å². The van der Waals surface area contributed by atoms with Crippen LogP contribution in [-0.2, 0) is 4.79 Å². The molecule has 0 radical (unpaired) electrons. The molecule has 1 heterocycles. The van der Waals surface area contributed by atoms with E-state index < -0.39 is 5.91 Å². The third-order valence-corrected chi connectivity index (χ3v) is 5.39. The van der Waals surface area contributed by atoms with Crippen LogP contribution in [0.3, 0.4) is 0 Å². The maximum Gasteiger partial charge on any atom is 0.287 e. The van der Waals surface area contributed by atoms with E-state index in [9.17, 15) is 14.7 Å². The van der Waals surface area contributed by atoms with E-state index in [0.717, 1.165) is 4.88 Å². The summed E-state index contributed by atoms with van der Waals surface area (Å²) in [7, 11) is 0. The Bertz CT molecular complexity index is 1060. The first-order chi connectivity index (χ1) is 14.0. The zero-order valence-corrected chi connectivity index (χ0v) is 18.0. The fourth-order valence-electron chi connectivity index (χ4n) is 2.29. The van der Waals surface area contributed by atoms with E-state index in [4.69, 9.17) is 0 Å². The number of phenols is 1. The fourth-order valence-corrected chi connectivity index (χ4v) is 3.48. The van der Waals surface area contributed by atoms with Crippen molar-refractivity contribution in [1.82, 2.24) is 10.7 Å². The van der Waals surface area contributed by atoms with Gasteiger partial charge in [0.15, 0.2) is 0 Å². The number of phenolic OH excluding ortho intramolecular Hbond substituents is 1. The summed E-state index contributed by atoms with van der Waals surface area (Å²) in [6.07, 6.45) is 3.06. The van der Waals surface area contributed by atoms with Gasteiger partial charge in [0, 0.05) is 10.4 Å². The first kappa shape index (κ1) is 20.7. The lowest BCUT2D eigenvalue weighted by molar-refractivity contribution is -0.117. The van der Waals surface area contributed by atoms with Crippen molar-refractivity contribution in [3.8, 4) is 5.75 Å². The first-order valence-electron chi connectivity index (χ1n) is 8.46. The van der Waals surface area contributed by atoms with Crippen molar-refractivity contribution in [1.29, 1.82) is 0 Å². The molecule has 1 aromatic heterocycles. The summed E-state index contributed by atoms with van der Waals surface area (Å²) in [4.78, 5) is 25.9. The first-order valence-corrected chi connectivity index (χ1v) is 10.4. The second-order valence-electron chi connectivity index (χ2n) is 5.80. The van der Waals surface area contributed by atoms with Gasteiger partial charge in [-0.2, -0.15) is 5.10 Å². The van der Waals surface area contributed by atoms with Crippen LogP contribution in [0.5, 0.6) is 5.75 Å². The Morgan fingerprint density at radius 1 is 1.07 bits per heavy atom. The quantitative estimate of drug-likeness (QED) is 0.200. The number of amides is 2. The highest BCUT2D eigenvalue weighted by Crippen LogP contribution is 2.19. The van der Waals surface area contributed by atoms with Gasteiger partial charge in [-0.05, 0) is 76.0 Å². The molecule has 0 spiro atoms. The van der Waals surface area contributed by atoms with E-state index in [1.807, 2.05) is 46.2 Å². The van der Waals surface area contributed by atoms with Gasteiger partial charge in [0.25, 0.3) is 11.8 Å². The molecule has 2 amide bonds. The zero-order chi connectivity index (χ0) is 20.6. The molecule has 0 saturated carbocycles. The highest BCUT2D eigenvalue weighted by molar-refractivity contribution is 14.1. The second kappa shape index (κ2) is 9.99. The minimum atomic E-state index is -0.549. The Labute approximate surface area is 185 Å². The van der Waals surface area contributed by atoms with Gasteiger partial charge in [-0.15, -0.1) is 11.3 Å². The van der Waals surface area contributed by atoms with Crippen molar-refractivity contribution in [3.63, 3.8) is 0 Å². The van der Waals surface area contributed by atoms with E-state index in [1.165, 1.54) is 17.6 Å². The summed E-state index contributed by atoms with van der Waals surface area (Å²) in [6.45, 7) is 0. The van der Waals surface area contributed by atoms with Crippen molar-refractivity contribution >= 4 is 58.0 Å². The van der Waals surface area contributed by atoms with E-state index in [0.29, 0.717) is 14.7 Å². The average Bonchev–Trinajstić information content (AvgIpc) is 3.24. The molecule has 29 heavy (non-hydrogen) atoms. The zero-order valence-electron chi connectivity index (χ0n) is 15.0. The predicted molar refractivity (Wildman–Crippen MR) is 123 cm³/mol. The molecule has 3 aromatic rings. The summed E-state index contributed by atoms with van der Waals surface area (Å²) in [5.41, 5.74) is 3.66. The van der Waals surface area contributed by atoms with Crippen LogP contribution in [0.15, 0.2) is 76.8 Å². The van der Waals surface area contributed by atoms with Gasteiger partial charge in [-0.1, -0.05) is 24.3 Å². The highest BCUT2D eigenvalue weighted by atomic mass is 127. The van der Waals surface area contributed by atoms with Gasteiger partial charge in [0.05, 0.1) is 9.78 Å². The maximum absolute atomic E-state index is 12.6. The molecule has 2 aromatic carbocycles. The Hall–Kier alpha value is -2.98. The molecule has 146 valence electrons. The van der Waals surface area contributed by atoms with E-state index in [1.54, 1.807) is 48.5 Å². The number of rotatable bonds is 6. The number of thiophene rings is 1. The summed E-state index contributed by atoms with van der Waals surface area (Å²) < 4.78 is 0.672. The highest BCUT2D eigenvalue weighted by Gasteiger charge is 2.14. The standard InChI is InChI=1S/C21H16IN3O3S/c22-17-11-14(8-9-19(17)26)13-23-25-21(28)18(12-16-7-4-10-29-16)24-20(27)15-5-2-1-3-6-15/h1-13,26H,(H,24,27)(H,25,28)/b18-12-,23-13?. The number of halogens is 1. The smallest absolute Gasteiger partial charge is 0.287 e. The van der Waals surface area contributed by atoms with Gasteiger partial charge < -0.3 is 10.4 Å². The van der Waals surface area contributed by atoms with Crippen molar-refractivity contribution in [2.75, 3.05) is 0 Å². The van der Waals surface area contributed by atoms with Gasteiger partial charge in [-0.3, -0.25) is 9.59 Å². The molecule has 0 bridgehead atoms. The molecule has 0 atom stereocenters. The molecule has 8 heteroatoms. The minimum absolute atomic E-state index is 0.0822. The number of hydrogen-bond acceptors (Lipinski definition) is 5. The Morgan fingerprint density at radius 2 is 1.86 bits per heavy atom. The summed E-state index contributed by atoms with van der Waals surface area (Å²) in [5.74, 6) is -0.760. The monoisotopic (exact) mass is 517 g/mol.